The van der Waals surface area contributed by atoms with Crippen LogP contribution in [0.2, 0.25) is 0 Å². The quantitative estimate of drug-likeness (QED) is 0.411. The topological polar surface area (TPSA) is 104 Å². The number of rotatable bonds is 3. The van der Waals surface area contributed by atoms with Gasteiger partial charge in [0.15, 0.2) is 11.0 Å². The minimum atomic E-state index is -1.39. The van der Waals surface area contributed by atoms with E-state index >= 15 is 0 Å². The molecule has 0 saturated carbocycles. The van der Waals surface area contributed by atoms with Crippen molar-refractivity contribution in [3.8, 4) is 0 Å². The van der Waals surface area contributed by atoms with Gasteiger partial charge in [0.1, 0.15) is 5.71 Å². The number of aromatic nitrogens is 2. The van der Waals surface area contributed by atoms with Gasteiger partial charge in [-0.05, 0) is 6.92 Å². The van der Waals surface area contributed by atoms with Crippen molar-refractivity contribution >= 4 is 28.3 Å². The van der Waals surface area contributed by atoms with E-state index in [9.17, 15) is 9.90 Å². The molecule has 0 saturated heterocycles. The smallest absolute Gasteiger partial charge is 0.543 e. The van der Waals surface area contributed by atoms with Gasteiger partial charge in [0.25, 0.3) is 0 Å². The minimum Gasteiger partial charge on any atom is -0.543 e. The second-order valence-electron chi connectivity index (χ2n) is 2.07. The molecule has 0 fully saturated rings. The van der Waals surface area contributed by atoms with E-state index < -0.39 is 5.97 Å². The van der Waals surface area contributed by atoms with Crippen molar-refractivity contribution in [1.82, 2.24) is 9.36 Å². The van der Waals surface area contributed by atoms with E-state index in [2.05, 4.69) is 14.3 Å². The number of aliphatic imine (C=N–C) groups is 1. The first kappa shape index (κ1) is 13.5. The van der Waals surface area contributed by atoms with Crippen LogP contribution in [0.5, 0.6) is 0 Å². The van der Waals surface area contributed by atoms with E-state index in [0.717, 1.165) is 11.5 Å². The molecule has 0 atom stereocenters. The van der Waals surface area contributed by atoms with Crippen LogP contribution in [0, 0.1) is 0 Å². The number of nitrogens with zero attached hydrogens (tertiary/aromatic N) is 3. The molecule has 14 heavy (non-hydrogen) atoms. The Labute approximate surface area is 107 Å². The molecule has 2 N–H and O–H groups in total. The summed E-state index contributed by atoms with van der Waals surface area (Å²) in [6.07, 6.45) is 0. The zero-order valence-electron chi connectivity index (χ0n) is 7.85. The number of carboxylic acid groups (broad SMARTS) is 1. The van der Waals surface area contributed by atoms with Crippen molar-refractivity contribution < 1.29 is 39.5 Å². The van der Waals surface area contributed by atoms with Crippen LogP contribution in [0.4, 0.5) is 5.13 Å². The number of nitrogen functional groups attached to an aromatic ring is 1. The summed E-state index contributed by atoms with van der Waals surface area (Å²) in [7, 11) is 0. The van der Waals surface area contributed by atoms with Crippen LogP contribution in [-0.4, -0.2) is 27.6 Å². The Morgan fingerprint density at radius 3 is 2.71 bits per heavy atom. The molecular weight excluding hydrogens is 215 g/mol. The number of carbonyl (C=O) groups excluding carboxylic acids is 1. The van der Waals surface area contributed by atoms with Gasteiger partial charge in [-0.15, -0.1) is 0 Å². The minimum absolute atomic E-state index is 0. The van der Waals surface area contributed by atoms with Gasteiger partial charge >= 0.3 is 29.6 Å². The fraction of sp³-hybridized carbons (Fsp3) is 0.333. The molecule has 70 valence electrons. The number of carboxylic acids is 1. The maximum atomic E-state index is 10.5. The molecule has 0 aliphatic carbocycles. The van der Waals surface area contributed by atoms with Crippen molar-refractivity contribution in [3.05, 3.63) is 5.82 Å². The van der Waals surface area contributed by atoms with Crippen molar-refractivity contribution in [2.24, 2.45) is 4.99 Å². The third kappa shape index (κ3) is 3.33. The van der Waals surface area contributed by atoms with Crippen LogP contribution in [0.1, 0.15) is 12.7 Å². The van der Waals surface area contributed by atoms with E-state index in [-0.39, 0.29) is 46.2 Å². The predicted octanol–water partition coefficient (Wildman–Crippen LogP) is -4.32. The average Bonchev–Trinajstić information content (AvgIpc) is 2.46. The summed E-state index contributed by atoms with van der Waals surface area (Å²) >= 11 is 0.921. The van der Waals surface area contributed by atoms with Crippen molar-refractivity contribution in [2.45, 2.75) is 6.92 Å². The monoisotopic (exact) mass is 222 g/mol. The molecule has 0 aliphatic heterocycles. The van der Waals surface area contributed by atoms with Gasteiger partial charge < -0.3 is 15.6 Å². The first-order valence-corrected chi connectivity index (χ1v) is 4.27. The summed E-state index contributed by atoms with van der Waals surface area (Å²) < 4.78 is 3.71. The number of hydrogen-bond acceptors (Lipinski definition) is 7. The summed E-state index contributed by atoms with van der Waals surface area (Å²) in [5.74, 6) is -1.37. The molecule has 0 radical (unpaired) electrons. The molecule has 0 unspecified atom stereocenters. The summed E-state index contributed by atoms with van der Waals surface area (Å²) in [5, 5.41) is 10.7. The zero-order valence-corrected chi connectivity index (χ0v) is 10.7. The summed E-state index contributed by atoms with van der Waals surface area (Å²) in [6, 6.07) is 0. The third-order valence-electron chi connectivity index (χ3n) is 1.16. The van der Waals surface area contributed by atoms with E-state index in [1.165, 1.54) is 0 Å². The van der Waals surface area contributed by atoms with Gasteiger partial charge in [0, 0.05) is 18.1 Å². The average molecular weight is 222 g/mol. The Morgan fingerprint density at radius 1 is 1.71 bits per heavy atom. The molecule has 6 nitrogen and oxygen atoms in total. The molecule has 1 heterocycles. The molecule has 0 aromatic carbocycles. The van der Waals surface area contributed by atoms with Crippen LogP contribution >= 0.6 is 11.5 Å². The molecule has 1 aromatic heterocycles. The second-order valence-corrected chi connectivity index (χ2v) is 2.85. The fourth-order valence-corrected chi connectivity index (χ4v) is 1.15. The molecular formula is C6H7N4NaO2S. The first-order valence-electron chi connectivity index (χ1n) is 3.50. The van der Waals surface area contributed by atoms with Crippen LogP contribution in [0.15, 0.2) is 4.99 Å². The Bertz CT molecular complexity index is 351. The maximum Gasteiger partial charge on any atom is 1.00 e. The molecule has 8 heteroatoms. The van der Waals surface area contributed by atoms with E-state index in [1.807, 2.05) is 0 Å². The Kier molecular flexibility index (Phi) is 5.86. The SMILES string of the molecule is CCN=C(C(=O)[O-])c1nsc(N)n1.[Na+]. The number of nitrogens with two attached hydrogens (primary N) is 1. The molecule has 0 bridgehead atoms. The standard InChI is InChI=1S/C6H8N4O2S.Na/c1-2-8-3(5(11)12)4-9-6(7)13-10-4;/h2H2,1H3,(H,11,12)(H2,7,9,10);/q;+1/p-1. The van der Waals surface area contributed by atoms with Gasteiger partial charge in [-0.3, -0.25) is 4.99 Å². The predicted molar refractivity (Wildman–Crippen MR) is 46.4 cm³/mol. The summed E-state index contributed by atoms with van der Waals surface area (Å²) in [4.78, 5) is 17.9. The largest absolute Gasteiger partial charge is 1.00 e. The molecule has 0 amide bonds. The van der Waals surface area contributed by atoms with Crippen molar-refractivity contribution in [3.63, 3.8) is 0 Å². The zero-order chi connectivity index (χ0) is 9.84. The number of aliphatic carboxylic acids is 1. The fourth-order valence-electron chi connectivity index (χ4n) is 0.716. The van der Waals surface area contributed by atoms with E-state index in [0.29, 0.717) is 6.54 Å². The van der Waals surface area contributed by atoms with Crippen LogP contribution < -0.4 is 40.4 Å². The third-order valence-corrected chi connectivity index (χ3v) is 1.71. The number of carbonyl (C=O) groups is 1. The van der Waals surface area contributed by atoms with Crippen molar-refractivity contribution in [2.75, 3.05) is 12.3 Å². The maximum absolute atomic E-state index is 10.5. The summed E-state index contributed by atoms with van der Waals surface area (Å²) in [6.45, 7) is 2.04. The van der Waals surface area contributed by atoms with Gasteiger partial charge in [0.05, 0.1) is 5.97 Å². The van der Waals surface area contributed by atoms with Gasteiger partial charge in [-0.1, -0.05) is 0 Å². The normalized spacial score (nSPS) is 10.8. The number of anilines is 1. The molecule has 1 rings (SSSR count). The molecule has 0 aliphatic rings. The van der Waals surface area contributed by atoms with Gasteiger partial charge in [-0.25, -0.2) is 0 Å². The second kappa shape index (κ2) is 6.07. The van der Waals surface area contributed by atoms with Gasteiger partial charge in [-0.2, -0.15) is 9.36 Å². The Morgan fingerprint density at radius 2 is 2.36 bits per heavy atom. The van der Waals surface area contributed by atoms with Crippen LogP contribution in [0.25, 0.3) is 0 Å². The Balaban J connectivity index is 0.00000169. The van der Waals surface area contributed by atoms with E-state index in [1.54, 1.807) is 6.92 Å². The van der Waals surface area contributed by atoms with Crippen LogP contribution in [-0.2, 0) is 4.79 Å². The van der Waals surface area contributed by atoms with Crippen LogP contribution in [0.3, 0.4) is 0 Å². The van der Waals surface area contributed by atoms with Gasteiger partial charge in [0.2, 0.25) is 0 Å². The van der Waals surface area contributed by atoms with Crippen molar-refractivity contribution in [1.29, 1.82) is 0 Å². The Hall–Kier alpha value is -0.500. The molecule has 1 aromatic rings. The first-order chi connectivity index (χ1) is 6.15. The molecule has 0 spiro atoms. The summed E-state index contributed by atoms with van der Waals surface area (Å²) in [5.41, 5.74) is 5.04. The number of hydrogen-bond donors (Lipinski definition) is 1. The van der Waals surface area contributed by atoms with E-state index in [4.69, 9.17) is 5.73 Å².